The molecule has 1 aromatic heterocycles. The van der Waals surface area contributed by atoms with Gasteiger partial charge in [0.25, 0.3) is 0 Å². The van der Waals surface area contributed by atoms with Crippen molar-refractivity contribution in [1.82, 2.24) is 10.3 Å². The minimum atomic E-state index is -0.271. The first kappa shape index (κ1) is 14.1. The summed E-state index contributed by atoms with van der Waals surface area (Å²) in [5, 5.41) is 3.48. The van der Waals surface area contributed by atoms with Gasteiger partial charge in [-0.2, -0.15) is 0 Å². The van der Waals surface area contributed by atoms with Gasteiger partial charge in [0.1, 0.15) is 5.82 Å². The molecule has 0 fully saturated rings. The molecule has 0 aliphatic carbocycles. The summed E-state index contributed by atoms with van der Waals surface area (Å²) in [6.07, 6.45) is 4.60. The molecular weight excluding hydrogens is 215 g/mol. The predicted molar refractivity (Wildman–Crippen MR) is 69.3 cm³/mol. The van der Waals surface area contributed by atoms with Crippen molar-refractivity contribution in [2.75, 3.05) is 6.54 Å². The maximum atomic E-state index is 12.8. The van der Waals surface area contributed by atoms with Crippen LogP contribution in [0.3, 0.4) is 0 Å². The second-order valence-electron chi connectivity index (χ2n) is 4.88. The lowest BCUT2D eigenvalue weighted by Gasteiger charge is -2.19. The number of hydrogen-bond acceptors (Lipinski definition) is 2. The van der Waals surface area contributed by atoms with Gasteiger partial charge >= 0.3 is 0 Å². The van der Waals surface area contributed by atoms with Gasteiger partial charge in [0.2, 0.25) is 0 Å². The van der Waals surface area contributed by atoms with E-state index in [9.17, 15) is 4.39 Å². The van der Waals surface area contributed by atoms with Crippen molar-refractivity contribution in [3.8, 4) is 0 Å². The van der Waals surface area contributed by atoms with Crippen LogP contribution in [0.15, 0.2) is 18.3 Å². The molecule has 0 spiro atoms. The third kappa shape index (κ3) is 5.26. The zero-order valence-corrected chi connectivity index (χ0v) is 11.0. The molecule has 1 N–H and O–H groups in total. The fourth-order valence-corrected chi connectivity index (χ4v) is 1.77. The van der Waals surface area contributed by atoms with Gasteiger partial charge in [0.05, 0.1) is 11.9 Å². The van der Waals surface area contributed by atoms with Crippen LogP contribution >= 0.6 is 0 Å². The van der Waals surface area contributed by atoms with Crippen molar-refractivity contribution < 1.29 is 4.39 Å². The molecule has 1 heterocycles. The monoisotopic (exact) mass is 238 g/mol. The van der Waals surface area contributed by atoms with Crippen molar-refractivity contribution in [1.29, 1.82) is 0 Å². The SMILES string of the molecule is CCCNC(CCC(C)C)c1ccc(F)cn1. The van der Waals surface area contributed by atoms with E-state index < -0.39 is 0 Å². The van der Waals surface area contributed by atoms with Crippen LogP contribution < -0.4 is 5.32 Å². The molecular formula is C14H23FN2. The molecule has 1 unspecified atom stereocenters. The Labute approximate surface area is 104 Å². The Balaban J connectivity index is 2.63. The normalized spacial score (nSPS) is 13.0. The summed E-state index contributed by atoms with van der Waals surface area (Å²) < 4.78 is 12.8. The van der Waals surface area contributed by atoms with E-state index in [1.807, 2.05) is 0 Å². The predicted octanol–water partition coefficient (Wildman–Crippen LogP) is 3.70. The molecule has 17 heavy (non-hydrogen) atoms. The molecule has 3 heteroatoms. The van der Waals surface area contributed by atoms with Gasteiger partial charge in [-0.15, -0.1) is 0 Å². The Morgan fingerprint density at radius 1 is 1.29 bits per heavy atom. The van der Waals surface area contributed by atoms with Gasteiger partial charge < -0.3 is 5.32 Å². The first-order valence-corrected chi connectivity index (χ1v) is 6.48. The average molecular weight is 238 g/mol. The van der Waals surface area contributed by atoms with Crippen LogP contribution in [0.25, 0.3) is 0 Å². The first-order chi connectivity index (χ1) is 8.13. The van der Waals surface area contributed by atoms with Gasteiger partial charge in [-0.1, -0.05) is 20.8 Å². The van der Waals surface area contributed by atoms with Crippen LogP contribution in [0, 0.1) is 11.7 Å². The standard InChI is InChI=1S/C14H23FN2/c1-4-9-16-13(7-5-11(2)3)14-8-6-12(15)10-17-14/h6,8,10-11,13,16H,4-5,7,9H2,1-3H3. The number of nitrogens with one attached hydrogen (secondary N) is 1. The van der Waals surface area contributed by atoms with E-state index in [4.69, 9.17) is 0 Å². The lowest BCUT2D eigenvalue weighted by molar-refractivity contribution is 0.433. The van der Waals surface area contributed by atoms with Gasteiger partial charge in [0.15, 0.2) is 0 Å². The average Bonchev–Trinajstić information content (AvgIpc) is 2.30. The highest BCUT2D eigenvalue weighted by molar-refractivity contribution is 5.09. The highest BCUT2D eigenvalue weighted by Gasteiger charge is 2.12. The van der Waals surface area contributed by atoms with E-state index in [2.05, 4.69) is 31.1 Å². The minimum Gasteiger partial charge on any atom is -0.309 e. The summed E-state index contributed by atoms with van der Waals surface area (Å²) in [6, 6.07) is 3.51. The summed E-state index contributed by atoms with van der Waals surface area (Å²) in [7, 11) is 0. The van der Waals surface area contributed by atoms with Crippen molar-refractivity contribution in [2.45, 2.75) is 46.1 Å². The van der Waals surface area contributed by atoms with E-state index in [1.165, 1.54) is 12.3 Å². The maximum Gasteiger partial charge on any atom is 0.141 e. The molecule has 1 aromatic rings. The highest BCUT2D eigenvalue weighted by atomic mass is 19.1. The van der Waals surface area contributed by atoms with Crippen LogP contribution in [0.1, 0.15) is 51.8 Å². The zero-order valence-electron chi connectivity index (χ0n) is 11.0. The van der Waals surface area contributed by atoms with Crippen molar-refractivity contribution in [3.05, 3.63) is 29.8 Å². The molecule has 0 saturated heterocycles. The highest BCUT2D eigenvalue weighted by Crippen LogP contribution is 2.19. The summed E-state index contributed by atoms with van der Waals surface area (Å²) in [6.45, 7) is 7.55. The molecule has 96 valence electrons. The number of rotatable bonds is 7. The second-order valence-corrected chi connectivity index (χ2v) is 4.88. The number of hydrogen-bond donors (Lipinski definition) is 1. The van der Waals surface area contributed by atoms with E-state index in [0.717, 1.165) is 31.5 Å². The number of halogens is 1. The van der Waals surface area contributed by atoms with Gasteiger partial charge in [0, 0.05) is 6.04 Å². The summed E-state index contributed by atoms with van der Waals surface area (Å²) in [4.78, 5) is 4.17. The number of nitrogens with zero attached hydrogens (tertiary/aromatic N) is 1. The molecule has 1 rings (SSSR count). The Bertz CT molecular complexity index is 309. The van der Waals surface area contributed by atoms with Crippen LogP contribution in [-0.2, 0) is 0 Å². The first-order valence-electron chi connectivity index (χ1n) is 6.48. The molecule has 1 atom stereocenters. The van der Waals surface area contributed by atoms with Gasteiger partial charge in [-0.25, -0.2) is 4.39 Å². The van der Waals surface area contributed by atoms with Gasteiger partial charge in [-0.05, 0) is 43.9 Å². The smallest absolute Gasteiger partial charge is 0.141 e. The summed E-state index contributed by atoms with van der Waals surface area (Å²) in [5.41, 5.74) is 0.945. The Morgan fingerprint density at radius 2 is 2.06 bits per heavy atom. The molecule has 0 aliphatic rings. The third-order valence-corrected chi connectivity index (χ3v) is 2.78. The molecule has 0 saturated carbocycles. The van der Waals surface area contributed by atoms with Crippen molar-refractivity contribution in [3.63, 3.8) is 0 Å². The van der Waals surface area contributed by atoms with E-state index in [0.29, 0.717) is 5.92 Å². The maximum absolute atomic E-state index is 12.8. The fourth-order valence-electron chi connectivity index (χ4n) is 1.77. The molecule has 0 aliphatic heterocycles. The molecule has 0 amide bonds. The molecule has 0 radical (unpaired) electrons. The Kier molecular flexibility index (Phi) is 6.12. The van der Waals surface area contributed by atoms with Crippen molar-refractivity contribution >= 4 is 0 Å². The third-order valence-electron chi connectivity index (χ3n) is 2.78. The number of pyridine rings is 1. The van der Waals surface area contributed by atoms with Crippen LogP contribution in [0.4, 0.5) is 4.39 Å². The fraction of sp³-hybridized carbons (Fsp3) is 0.643. The minimum absolute atomic E-state index is 0.248. The molecule has 2 nitrogen and oxygen atoms in total. The lowest BCUT2D eigenvalue weighted by atomic mass is 10.0. The largest absolute Gasteiger partial charge is 0.309 e. The van der Waals surface area contributed by atoms with Crippen LogP contribution in [0.5, 0.6) is 0 Å². The van der Waals surface area contributed by atoms with E-state index in [-0.39, 0.29) is 11.9 Å². The Morgan fingerprint density at radius 3 is 2.59 bits per heavy atom. The van der Waals surface area contributed by atoms with Crippen LogP contribution in [0.2, 0.25) is 0 Å². The summed E-state index contributed by atoms with van der Waals surface area (Å²) >= 11 is 0. The number of aromatic nitrogens is 1. The molecule has 0 bridgehead atoms. The second kappa shape index (κ2) is 7.38. The van der Waals surface area contributed by atoms with Crippen LogP contribution in [-0.4, -0.2) is 11.5 Å². The van der Waals surface area contributed by atoms with Crippen molar-refractivity contribution in [2.24, 2.45) is 5.92 Å². The quantitative estimate of drug-likeness (QED) is 0.783. The van der Waals surface area contributed by atoms with Gasteiger partial charge in [-0.3, -0.25) is 4.98 Å². The molecule has 0 aromatic carbocycles. The Hall–Kier alpha value is -0.960. The topological polar surface area (TPSA) is 24.9 Å². The van der Waals surface area contributed by atoms with E-state index >= 15 is 0 Å². The lowest BCUT2D eigenvalue weighted by Crippen LogP contribution is -2.23. The summed E-state index contributed by atoms with van der Waals surface area (Å²) in [5.74, 6) is 0.410. The van der Waals surface area contributed by atoms with E-state index in [1.54, 1.807) is 6.07 Å². The zero-order chi connectivity index (χ0) is 12.7.